The van der Waals surface area contributed by atoms with Crippen molar-refractivity contribution in [1.29, 1.82) is 0 Å². The number of aryl methyl sites for hydroxylation is 2. The highest BCUT2D eigenvalue weighted by molar-refractivity contribution is 6.31. The predicted molar refractivity (Wildman–Crippen MR) is 155 cm³/mol. The van der Waals surface area contributed by atoms with E-state index in [4.69, 9.17) is 23.2 Å². The van der Waals surface area contributed by atoms with Crippen LogP contribution in [0.25, 0.3) is 11.4 Å². The molecule has 196 valence electrons. The minimum Gasteiger partial charge on any atom is -0.506 e. The summed E-state index contributed by atoms with van der Waals surface area (Å²) in [7, 11) is 0. The van der Waals surface area contributed by atoms with Crippen LogP contribution in [0.1, 0.15) is 22.5 Å². The maximum absolute atomic E-state index is 13.0. The minimum atomic E-state index is -0.314. The summed E-state index contributed by atoms with van der Waals surface area (Å²) in [6.07, 6.45) is 2.84. The van der Waals surface area contributed by atoms with Crippen molar-refractivity contribution >= 4 is 47.0 Å². The molecule has 39 heavy (non-hydrogen) atoms. The topological polar surface area (TPSA) is 121 Å². The van der Waals surface area contributed by atoms with Crippen molar-refractivity contribution < 1.29 is 5.11 Å². The molecule has 0 aliphatic heterocycles. The lowest BCUT2D eigenvalue weighted by molar-refractivity contribution is 0.477. The van der Waals surface area contributed by atoms with Crippen LogP contribution in [0.15, 0.2) is 86.3 Å². The molecule has 0 aliphatic carbocycles. The van der Waals surface area contributed by atoms with Crippen molar-refractivity contribution in [3.63, 3.8) is 0 Å². The Bertz CT molecular complexity index is 1880. The van der Waals surface area contributed by atoms with Gasteiger partial charge in [-0.2, -0.15) is 0 Å². The van der Waals surface area contributed by atoms with Crippen LogP contribution in [0, 0.1) is 13.8 Å². The van der Waals surface area contributed by atoms with Crippen LogP contribution in [0.3, 0.4) is 0 Å². The molecular formula is C28H22Cl2N6O3. The molecular weight excluding hydrogens is 539 g/mol. The van der Waals surface area contributed by atoms with Gasteiger partial charge in [-0.3, -0.25) is 29.8 Å². The van der Waals surface area contributed by atoms with Gasteiger partial charge < -0.3 is 5.11 Å². The summed E-state index contributed by atoms with van der Waals surface area (Å²) in [4.78, 5) is 34.7. The van der Waals surface area contributed by atoms with E-state index in [1.165, 1.54) is 27.9 Å². The number of rotatable bonds is 6. The van der Waals surface area contributed by atoms with Gasteiger partial charge in [-0.15, -0.1) is 0 Å². The first kappa shape index (κ1) is 26.0. The van der Waals surface area contributed by atoms with Gasteiger partial charge in [0.05, 0.1) is 28.2 Å². The Morgan fingerprint density at radius 3 is 1.77 bits per heavy atom. The molecule has 9 nitrogen and oxygen atoms in total. The maximum atomic E-state index is 13.0. The SMILES string of the molecule is Cc1[nH]n(-c2cccc(Cl)c2)c(=O)c1C=Nc1ccc(O)c(N=Cc2c(C)[nH]n(-c3cccc(Cl)c3)c2=O)c1. The second kappa shape index (κ2) is 10.6. The molecule has 0 aliphatic rings. The Labute approximate surface area is 232 Å². The largest absolute Gasteiger partial charge is 0.506 e. The van der Waals surface area contributed by atoms with Crippen LogP contribution >= 0.6 is 23.2 Å². The molecule has 0 spiro atoms. The van der Waals surface area contributed by atoms with E-state index in [1.807, 2.05) is 0 Å². The molecule has 0 bridgehead atoms. The van der Waals surface area contributed by atoms with Crippen molar-refractivity contribution in [2.45, 2.75) is 13.8 Å². The smallest absolute Gasteiger partial charge is 0.280 e. The van der Waals surface area contributed by atoms with Gasteiger partial charge in [0.15, 0.2) is 0 Å². The summed E-state index contributed by atoms with van der Waals surface area (Å²) < 4.78 is 2.77. The third-order valence-electron chi connectivity index (χ3n) is 6.00. The van der Waals surface area contributed by atoms with Gasteiger partial charge in [0, 0.05) is 33.9 Å². The Morgan fingerprint density at radius 2 is 1.26 bits per heavy atom. The van der Waals surface area contributed by atoms with E-state index >= 15 is 0 Å². The Morgan fingerprint density at radius 1 is 0.744 bits per heavy atom. The van der Waals surface area contributed by atoms with E-state index in [9.17, 15) is 14.7 Å². The highest BCUT2D eigenvalue weighted by Gasteiger charge is 2.13. The first-order chi connectivity index (χ1) is 18.7. The van der Waals surface area contributed by atoms with Gasteiger partial charge in [0.25, 0.3) is 11.1 Å². The van der Waals surface area contributed by atoms with Gasteiger partial charge in [0.2, 0.25) is 0 Å². The summed E-state index contributed by atoms with van der Waals surface area (Å²) in [6, 6.07) is 18.4. The van der Waals surface area contributed by atoms with Crippen LogP contribution in [0.2, 0.25) is 10.0 Å². The molecule has 0 fully saturated rings. The zero-order valence-electron chi connectivity index (χ0n) is 20.8. The number of nitrogens with one attached hydrogen (secondary N) is 2. The summed E-state index contributed by atoms with van der Waals surface area (Å²) >= 11 is 12.1. The summed E-state index contributed by atoms with van der Waals surface area (Å²) in [5.41, 5.74) is 3.18. The molecule has 0 saturated heterocycles. The number of nitrogens with zero attached hydrogens (tertiary/aromatic N) is 4. The Hall–Kier alpha value is -4.60. The summed E-state index contributed by atoms with van der Waals surface area (Å²) in [5.74, 6) is -0.0882. The third-order valence-corrected chi connectivity index (χ3v) is 6.47. The lowest BCUT2D eigenvalue weighted by Gasteiger charge is -2.01. The van der Waals surface area contributed by atoms with E-state index in [-0.39, 0.29) is 22.6 Å². The number of aromatic hydroxyl groups is 1. The highest BCUT2D eigenvalue weighted by atomic mass is 35.5. The van der Waals surface area contributed by atoms with Crippen LogP contribution in [0.5, 0.6) is 5.75 Å². The lowest BCUT2D eigenvalue weighted by atomic mass is 10.2. The van der Waals surface area contributed by atoms with Crippen molar-refractivity contribution in [3.8, 4) is 17.1 Å². The van der Waals surface area contributed by atoms with Crippen molar-refractivity contribution in [1.82, 2.24) is 19.6 Å². The Kier molecular flexibility index (Phi) is 7.10. The van der Waals surface area contributed by atoms with Gasteiger partial charge in [-0.05, 0) is 68.4 Å². The number of phenolic OH excluding ortho intramolecular Hbond substituents is 1. The second-order valence-electron chi connectivity index (χ2n) is 8.73. The molecule has 0 unspecified atom stereocenters. The number of hydrogen-bond donors (Lipinski definition) is 3. The number of aliphatic imine (C=N–C) groups is 2. The number of halogens is 2. The number of aromatic amines is 2. The van der Waals surface area contributed by atoms with Crippen LogP contribution in [-0.4, -0.2) is 37.1 Å². The molecule has 0 amide bonds. The highest BCUT2D eigenvalue weighted by Crippen LogP contribution is 2.30. The molecule has 5 aromatic rings. The van der Waals surface area contributed by atoms with Crippen LogP contribution in [0.4, 0.5) is 11.4 Å². The fourth-order valence-corrected chi connectivity index (χ4v) is 4.35. The average Bonchev–Trinajstić information content (AvgIpc) is 3.36. The number of H-pyrrole nitrogens is 2. The van der Waals surface area contributed by atoms with Gasteiger partial charge in [-0.25, -0.2) is 9.36 Å². The van der Waals surface area contributed by atoms with Crippen LogP contribution < -0.4 is 11.1 Å². The van der Waals surface area contributed by atoms with E-state index < -0.39 is 0 Å². The molecule has 0 atom stereocenters. The van der Waals surface area contributed by atoms with Crippen molar-refractivity contribution in [3.05, 3.63) is 120 Å². The molecule has 2 heterocycles. The number of benzene rings is 3. The van der Waals surface area contributed by atoms with Crippen molar-refractivity contribution in [2.24, 2.45) is 9.98 Å². The predicted octanol–water partition coefficient (Wildman–Crippen LogP) is 5.78. The number of aromatic nitrogens is 4. The van der Waals surface area contributed by atoms with Crippen LogP contribution in [-0.2, 0) is 0 Å². The molecule has 0 radical (unpaired) electrons. The average molecular weight is 561 g/mol. The third kappa shape index (κ3) is 5.36. The van der Waals surface area contributed by atoms with E-state index in [0.717, 1.165) is 0 Å². The first-order valence-corrected chi connectivity index (χ1v) is 12.5. The molecule has 3 N–H and O–H groups in total. The zero-order valence-corrected chi connectivity index (χ0v) is 22.3. The van der Waals surface area contributed by atoms with Gasteiger partial charge >= 0.3 is 0 Å². The van der Waals surface area contributed by atoms with Gasteiger partial charge in [-0.1, -0.05) is 35.3 Å². The fourth-order valence-electron chi connectivity index (χ4n) is 3.99. The summed E-state index contributed by atoms with van der Waals surface area (Å²) in [5, 5.41) is 17.4. The van der Waals surface area contributed by atoms with E-state index in [2.05, 4.69) is 20.2 Å². The lowest BCUT2D eigenvalue weighted by Crippen LogP contribution is -2.17. The molecule has 5 rings (SSSR count). The first-order valence-electron chi connectivity index (χ1n) is 11.8. The fraction of sp³-hybridized carbons (Fsp3) is 0.0714. The molecule has 3 aromatic carbocycles. The number of phenols is 1. The zero-order chi connectivity index (χ0) is 27.7. The normalized spacial score (nSPS) is 11.7. The Balaban J connectivity index is 1.43. The maximum Gasteiger partial charge on any atom is 0.280 e. The van der Waals surface area contributed by atoms with Crippen molar-refractivity contribution in [2.75, 3.05) is 0 Å². The molecule has 0 saturated carbocycles. The van der Waals surface area contributed by atoms with Gasteiger partial charge in [0.1, 0.15) is 11.4 Å². The summed E-state index contributed by atoms with van der Waals surface area (Å²) in [6.45, 7) is 3.52. The second-order valence-corrected chi connectivity index (χ2v) is 9.60. The minimum absolute atomic E-state index is 0.0882. The van der Waals surface area contributed by atoms with E-state index in [1.54, 1.807) is 74.5 Å². The molecule has 11 heteroatoms. The number of hydrogen-bond acceptors (Lipinski definition) is 5. The molecule has 2 aromatic heterocycles. The monoisotopic (exact) mass is 560 g/mol. The quantitative estimate of drug-likeness (QED) is 0.228. The standard InChI is InChI=1S/C28H22Cl2N6O3/c1-16-23(27(38)35(33-16)21-7-3-5-18(29)11-21)14-31-20-9-10-26(37)25(13-20)32-15-24-17(2)34-36(28(24)39)22-8-4-6-19(30)12-22/h3-15,33-34,37H,1-2H3. The van der Waals surface area contributed by atoms with E-state index in [0.29, 0.717) is 49.6 Å².